The number of benzene rings is 2. The molecule has 1 heterocycles. The van der Waals surface area contributed by atoms with E-state index in [1.807, 2.05) is 48.5 Å². The Balaban J connectivity index is 0.000000923. The first kappa shape index (κ1) is 32.9. The molecule has 1 N–H and O–H groups in total. The van der Waals surface area contributed by atoms with Gasteiger partial charge in [-0.3, -0.25) is 9.59 Å². The van der Waals surface area contributed by atoms with Crippen LogP contribution in [0.4, 0.5) is 5.69 Å². The van der Waals surface area contributed by atoms with Crippen LogP contribution >= 0.6 is 0 Å². The zero-order chi connectivity index (χ0) is 28.4. The van der Waals surface area contributed by atoms with Crippen molar-refractivity contribution in [3.63, 3.8) is 0 Å². The molecule has 38 heavy (non-hydrogen) atoms. The maximum atomic E-state index is 13.2. The summed E-state index contributed by atoms with van der Waals surface area (Å²) in [5, 5.41) is 3.07. The maximum Gasteiger partial charge on any atom is 0.292 e. The van der Waals surface area contributed by atoms with E-state index in [1.54, 1.807) is 21.3 Å². The lowest BCUT2D eigenvalue weighted by atomic mass is 9.81. The Bertz CT molecular complexity index is 930. The predicted molar refractivity (Wildman–Crippen MR) is 150 cm³/mol. The molecule has 0 aromatic heterocycles. The molecule has 0 bridgehead atoms. The van der Waals surface area contributed by atoms with Gasteiger partial charge in [-0.05, 0) is 55.5 Å². The average Bonchev–Trinajstić information content (AvgIpc) is 2.90. The number of carbonyl (C=O) groups excluding carboxylic acids is 2. The Morgan fingerprint density at radius 2 is 1.66 bits per heavy atom. The van der Waals surface area contributed by atoms with Crippen molar-refractivity contribution in [1.82, 2.24) is 0 Å². The molecule has 1 aliphatic rings. The van der Waals surface area contributed by atoms with Gasteiger partial charge in [0.05, 0.1) is 19.9 Å². The van der Waals surface area contributed by atoms with Crippen molar-refractivity contribution >= 4 is 18.1 Å². The molecular weight excluding hydrogens is 486 g/mol. The van der Waals surface area contributed by atoms with E-state index < -0.39 is 6.10 Å². The second-order valence-electron chi connectivity index (χ2n) is 9.59. The van der Waals surface area contributed by atoms with Gasteiger partial charge in [-0.25, -0.2) is 0 Å². The van der Waals surface area contributed by atoms with Crippen molar-refractivity contribution in [2.75, 3.05) is 40.4 Å². The topological polar surface area (TPSA) is 92.3 Å². The fourth-order valence-electron chi connectivity index (χ4n) is 4.20. The van der Waals surface area contributed by atoms with Crippen molar-refractivity contribution in [3.05, 3.63) is 54.1 Å². The van der Waals surface area contributed by atoms with Gasteiger partial charge in [0.2, 0.25) is 0 Å². The van der Waals surface area contributed by atoms with Gasteiger partial charge >= 0.3 is 0 Å². The molecule has 2 aromatic carbocycles. The highest BCUT2D eigenvalue weighted by Gasteiger charge is 2.36. The summed E-state index contributed by atoms with van der Waals surface area (Å²) < 4.78 is 26.0. The van der Waals surface area contributed by atoms with E-state index in [-0.39, 0.29) is 17.4 Å². The normalized spacial score (nSPS) is 17.7. The van der Waals surface area contributed by atoms with E-state index in [4.69, 9.17) is 19.0 Å². The van der Waals surface area contributed by atoms with Crippen LogP contribution in [0, 0.1) is 5.41 Å². The Hall–Kier alpha value is -3.10. The first-order valence-electron chi connectivity index (χ1n) is 13.0. The monoisotopic (exact) mass is 531 g/mol. The molecule has 212 valence electrons. The first-order chi connectivity index (χ1) is 18.3. The first-order valence-corrected chi connectivity index (χ1v) is 13.0. The number of hydrogen-bond donors (Lipinski definition) is 1. The number of para-hydroxylation sites is 2. The summed E-state index contributed by atoms with van der Waals surface area (Å²) in [6.45, 7) is 7.28. The van der Waals surface area contributed by atoms with Crippen LogP contribution in [-0.4, -0.2) is 53.5 Å². The zero-order valence-electron chi connectivity index (χ0n) is 24.0. The lowest BCUT2D eigenvalue weighted by Crippen LogP contribution is -2.42. The number of hydrogen-bond acceptors (Lipinski definition) is 7. The summed E-state index contributed by atoms with van der Waals surface area (Å²) in [4.78, 5) is 22.2. The fourth-order valence-corrected chi connectivity index (χ4v) is 4.20. The van der Waals surface area contributed by atoms with E-state index >= 15 is 0 Å². The van der Waals surface area contributed by atoms with Crippen molar-refractivity contribution in [2.45, 2.75) is 65.1 Å². The van der Waals surface area contributed by atoms with Crippen LogP contribution < -0.4 is 14.8 Å². The Kier molecular flexibility index (Phi) is 15.8. The second kappa shape index (κ2) is 18.2. The molecule has 8 nitrogen and oxygen atoms in total. The number of rotatable bonds is 6. The third-order valence-corrected chi connectivity index (χ3v) is 5.99. The number of amides is 1. The maximum absolute atomic E-state index is 13.2. The van der Waals surface area contributed by atoms with E-state index in [0.29, 0.717) is 24.5 Å². The molecule has 0 saturated carbocycles. The largest absolute Gasteiger partial charge is 0.497 e. The van der Waals surface area contributed by atoms with E-state index in [2.05, 4.69) is 35.6 Å². The molecule has 2 unspecified atom stereocenters. The van der Waals surface area contributed by atoms with Gasteiger partial charge in [0.1, 0.15) is 23.7 Å². The lowest BCUT2D eigenvalue weighted by Gasteiger charge is -2.33. The highest BCUT2D eigenvalue weighted by molar-refractivity contribution is 5.96. The van der Waals surface area contributed by atoms with E-state index in [9.17, 15) is 4.79 Å². The van der Waals surface area contributed by atoms with E-state index in [0.717, 1.165) is 43.4 Å². The number of methoxy groups -OCH3 is 3. The standard InChI is InChI=1S/C26H35NO4.C2H4O2.C2H6O/c1-5-17-26(2,3)24-25(28)27-21-10-6-7-12-23(21)31-22(11-8-9-18-30-24)19-13-15-20(29-4)16-14-19;1-4-2-3;1-3-2/h6-7,10,12-16,22,24H,5,8-9,11,17-18H2,1-4H3,(H,27,28);2H,1H3;1-2H3. The van der Waals surface area contributed by atoms with Crippen LogP contribution in [0.25, 0.3) is 0 Å². The molecule has 0 spiro atoms. The quantitative estimate of drug-likeness (QED) is 0.444. The minimum Gasteiger partial charge on any atom is -0.497 e. The number of fused-ring (bicyclic) bond motifs is 1. The summed E-state index contributed by atoms with van der Waals surface area (Å²) in [6.07, 6.45) is 3.99. The fraction of sp³-hybridized carbons (Fsp3) is 0.533. The van der Waals surface area contributed by atoms with Crippen molar-refractivity contribution < 1.29 is 33.3 Å². The van der Waals surface area contributed by atoms with Crippen LogP contribution in [-0.2, 0) is 23.8 Å². The van der Waals surface area contributed by atoms with Gasteiger partial charge in [0.15, 0.2) is 0 Å². The second-order valence-corrected chi connectivity index (χ2v) is 9.59. The minimum atomic E-state index is -0.502. The van der Waals surface area contributed by atoms with E-state index in [1.165, 1.54) is 7.11 Å². The molecule has 0 radical (unpaired) electrons. The predicted octanol–water partition coefficient (Wildman–Crippen LogP) is 6.20. The van der Waals surface area contributed by atoms with Gasteiger partial charge in [-0.2, -0.15) is 0 Å². The SMILES string of the molecule is CCCC(C)(C)C1OCCCCC(c2ccc(OC)cc2)Oc2ccccc2NC1=O.COC.COC=O. The van der Waals surface area contributed by atoms with Crippen LogP contribution in [0.2, 0.25) is 0 Å². The Morgan fingerprint density at radius 1 is 1.03 bits per heavy atom. The summed E-state index contributed by atoms with van der Waals surface area (Å²) in [7, 11) is 6.22. The molecule has 2 atom stereocenters. The van der Waals surface area contributed by atoms with Gasteiger partial charge in [-0.1, -0.05) is 51.5 Å². The van der Waals surface area contributed by atoms with Crippen molar-refractivity contribution in [3.8, 4) is 11.5 Å². The van der Waals surface area contributed by atoms with Crippen LogP contribution in [0.1, 0.15) is 64.5 Å². The summed E-state index contributed by atoms with van der Waals surface area (Å²) in [5.74, 6) is 1.37. The van der Waals surface area contributed by atoms with Gasteiger partial charge in [0, 0.05) is 26.2 Å². The molecule has 2 aromatic rings. The molecule has 0 fully saturated rings. The van der Waals surface area contributed by atoms with Crippen molar-refractivity contribution in [1.29, 1.82) is 0 Å². The average molecular weight is 532 g/mol. The van der Waals surface area contributed by atoms with Crippen LogP contribution in [0.15, 0.2) is 48.5 Å². The molecule has 3 rings (SSSR count). The summed E-state index contributed by atoms with van der Waals surface area (Å²) in [5.41, 5.74) is 1.51. The highest BCUT2D eigenvalue weighted by atomic mass is 16.5. The van der Waals surface area contributed by atoms with Crippen LogP contribution in [0.3, 0.4) is 0 Å². The smallest absolute Gasteiger partial charge is 0.292 e. The van der Waals surface area contributed by atoms with Crippen LogP contribution in [0.5, 0.6) is 11.5 Å². The van der Waals surface area contributed by atoms with Crippen molar-refractivity contribution in [2.24, 2.45) is 5.41 Å². The third kappa shape index (κ3) is 11.1. The molecule has 0 saturated heterocycles. The summed E-state index contributed by atoms with van der Waals surface area (Å²) >= 11 is 0. The molecule has 0 aliphatic carbocycles. The number of ether oxygens (including phenoxy) is 5. The Morgan fingerprint density at radius 3 is 2.24 bits per heavy atom. The Labute approximate surface area is 228 Å². The molecular formula is C30H45NO7. The summed E-state index contributed by atoms with van der Waals surface area (Å²) in [6, 6.07) is 15.6. The number of nitrogens with one attached hydrogen (secondary N) is 1. The van der Waals surface area contributed by atoms with Gasteiger partial charge < -0.3 is 29.0 Å². The molecule has 8 heteroatoms. The minimum absolute atomic E-state index is 0.115. The van der Waals surface area contributed by atoms with Gasteiger partial charge in [0.25, 0.3) is 12.4 Å². The zero-order valence-corrected chi connectivity index (χ0v) is 24.0. The number of anilines is 1. The molecule has 1 aliphatic heterocycles. The third-order valence-electron chi connectivity index (χ3n) is 5.99. The molecule has 1 amide bonds. The highest BCUT2D eigenvalue weighted by Crippen LogP contribution is 2.35. The van der Waals surface area contributed by atoms with Gasteiger partial charge in [-0.15, -0.1) is 0 Å². The number of carbonyl (C=O) groups is 2. The lowest BCUT2D eigenvalue weighted by molar-refractivity contribution is -0.136.